The van der Waals surface area contributed by atoms with Crippen LogP contribution in [0, 0.1) is 0 Å². The summed E-state index contributed by atoms with van der Waals surface area (Å²) < 4.78 is 5.20. The van der Waals surface area contributed by atoms with Gasteiger partial charge in [0.1, 0.15) is 6.54 Å². The van der Waals surface area contributed by atoms with Crippen LogP contribution in [0.1, 0.15) is 0 Å². The highest BCUT2D eigenvalue weighted by atomic mass is 16.5. The Balaban J connectivity index is 1.38. The molecule has 0 aromatic heterocycles. The summed E-state index contributed by atoms with van der Waals surface area (Å²) in [6.45, 7) is 0.112. The zero-order chi connectivity index (χ0) is 19.3. The normalized spacial score (nSPS) is 12.7. The van der Waals surface area contributed by atoms with Gasteiger partial charge in [-0.15, -0.1) is 0 Å². The van der Waals surface area contributed by atoms with Crippen molar-refractivity contribution in [3.8, 4) is 5.75 Å². The number of amides is 1. The van der Waals surface area contributed by atoms with Crippen LogP contribution >= 0.6 is 0 Å². The molecule has 0 atom stereocenters. The van der Waals surface area contributed by atoms with Crippen molar-refractivity contribution in [2.75, 3.05) is 28.6 Å². The number of rotatable bonds is 5. The van der Waals surface area contributed by atoms with Crippen molar-refractivity contribution in [2.24, 2.45) is 0 Å². The summed E-state index contributed by atoms with van der Waals surface area (Å²) in [4.78, 5) is 25.9. The summed E-state index contributed by atoms with van der Waals surface area (Å²) >= 11 is 0. The summed E-state index contributed by atoms with van der Waals surface area (Å²) in [7, 11) is 0. The maximum absolute atomic E-state index is 12.5. The Morgan fingerprint density at radius 2 is 1.50 bits per heavy atom. The number of carbonyl (C=O) groups is 2. The van der Waals surface area contributed by atoms with Gasteiger partial charge in [0.15, 0.2) is 5.75 Å². The molecule has 0 bridgehead atoms. The van der Waals surface area contributed by atoms with E-state index in [-0.39, 0.29) is 25.0 Å². The zero-order valence-electron chi connectivity index (χ0n) is 15.1. The zero-order valence-corrected chi connectivity index (χ0v) is 15.1. The first-order valence-electron chi connectivity index (χ1n) is 8.94. The topological polar surface area (TPSA) is 70.7 Å². The van der Waals surface area contributed by atoms with Crippen LogP contribution in [0.2, 0.25) is 0 Å². The molecule has 0 spiro atoms. The maximum atomic E-state index is 12.5. The van der Waals surface area contributed by atoms with Crippen molar-refractivity contribution in [2.45, 2.75) is 0 Å². The molecule has 1 amide bonds. The molecule has 0 radical (unpaired) electrons. The Kier molecular flexibility index (Phi) is 4.93. The highest BCUT2D eigenvalue weighted by Crippen LogP contribution is 2.31. The molecule has 0 saturated heterocycles. The number of nitrogens with zero attached hydrogens (tertiary/aromatic N) is 1. The number of anilines is 4. The number of benzene rings is 3. The van der Waals surface area contributed by atoms with Crippen LogP contribution in [-0.2, 0) is 9.59 Å². The second-order valence-electron chi connectivity index (χ2n) is 6.41. The molecule has 1 heterocycles. The number of nitrogens with one attached hydrogen (secondary N) is 2. The number of fused-ring (bicyclic) bond motifs is 1. The second kappa shape index (κ2) is 7.84. The molecule has 3 aromatic rings. The molecule has 0 fully saturated rings. The fourth-order valence-corrected chi connectivity index (χ4v) is 3.04. The molecule has 28 heavy (non-hydrogen) atoms. The second-order valence-corrected chi connectivity index (χ2v) is 6.41. The predicted molar refractivity (Wildman–Crippen MR) is 109 cm³/mol. The lowest BCUT2D eigenvalue weighted by Gasteiger charge is -2.29. The monoisotopic (exact) mass is 373 g/mol. The summed E-state index contributed by atoms with van der Waals surface area (Å²) in [5.74, 6) is -0.0981. The highest BCUT2D eigenvalue weighted by molar-refractivity contribution is 5.96. The standard InChI is InChI=1S/C22H19N3O3/c26-21(14-25-15-22(27)28-20-9-5-4-8-19(20)25)24-18-12-10-17(11-13-18)23-16-6-2-1-3-7-16/h1-13,23H,14-15H2,(H,24,26). The van der Waals surface area contributed by atoms with Gasteiger partial charge < -0.3 is 20.3 Å². The van der Waals surface area contributed by atoms with E-state index in [9.17, 15) is 9.59 Å². The molecule has 2 N–H and O–H groups in total. The molecule has 0 saturated carbocycles. The molecule has 1 aliphatic heterocycles. The number of carbonyl (C=O) groups excluding carboxylic acids is 2. The van der Waals surface area contributed by atoms with E-state index in [0.717, 1.165) is 17.1 Å². The fourth-order valence-electron chi connectivity index (χ4n) is 3.04. The van der Waals surface area contributed by atoms with E-state index in [1.54, 1.807) is 17.0 Å². The van der Waals surface area contributed by atoms with Gasteiger partial charge >= 0.3 is 5.97 Å². The van der Waals surface area contributed by atoms with Crippen LogP contribution in [0.25, 0.3) is 0 Å². The lowest BCUT2D eigenvalue weighted by Crippen LogP contribution is -2.41. The summed E-state index contributed by atoms with van der Waals surface area (Å²) in [5, 5.41) is 6.16. The minimum Gasteiger partial charge on any atom is -0.423 e. The fraction of sp³-hybridized carbons (Fsp3) is 0.0909. The van der Waals surface area contributed by atoms with E-state index in [1.807, 2.05) is 66.7 Å². The SMILES string of the molecule is O=C(CN1CC(=O)Oc2ccccc21)Nc1ccc(Nc2ccccc2)cc1. The van der Waals surface area contributed by atoms with E-state index < -0.39 is 0 Å². The average molecular weight is 373 g/mol. The van der Waals surface area contributed by atoms with Gasteiger partial charge in [-0.25, -0.2) is 4.79 Å². The quantitative estimate of drug-likeness (QED) is 0.526. The third-order valence-electron chi connectivity index (χ3n) is 4.32. The van der Waals surface area contributed by atoms with Crippen molar-refractivity contribution in [1.29, 1.82) is 0 Å². The predicted octanol–water partition coefficient (Wildman–Crippen LogP) is 3.79. The molecule has 1 aliphatic rings. The first kappa shape index (κ1) is 17.6. The first-order chi connectivity index (χ1) is 13.7. The van der Waals surface area contributed by atoms with Crippen LogP contribution < -0.4 is 20.3 Å². The van der Waals surface area contributed by atoms with Gasteiger partial charge in [-0.1, -0.05) is 30.3 Å². The average Bonchev–Trinajstić information content (AvgIpc) is 2.70. The van der Waals surface area contributed by atoms with Crippen LogP contribution in [0.15, 0.2) is 78.9 Å². The number of hydrogen-bond acceptors (Lipinski definition) is 5. The van der Waals surface area contributed by atoms with Crippen molar-refractivity contribution >= 4 is 34.6 Å². The molecule has 6 nitrogen and oxygen atoms in total. The van der Waals surface area contributed by atoms with Gasteiger partial charge in [-0.05, 0) is 48.5 Å². The first-order valence-corrected chi connectivity index (χ1v) is 8.94. The molecule has 3 aromatic carbocycles. The van der Waals surface area contributed by atoms with Crippen LogP contribution in [-0.4, -0.2) is 25.0 Å². The Labute approximate surface area is 162 Å². The van der Waals surface area contributed by atoms with Crippen molar-refractivity contribution < 1.29 is 14.3 Å². The summed E-state index contributed by atoms with van der Waals surface area (Å²) in [5.41, 5.74) is 3.35. The minimum atomic E-state index is -0.372. The van der Waals surface area contributed by atoms with E-state index in [0.29, 0.717) is 11.4 Å². The largest absolute Gasteiger partial charge is 0.423 e. The van der Waals surface area contributed by atoms with Crippen LogP contribution in [0.5, 0.6) is 5.75 Å². The molecular formula is C22H19N3O3. The molecule has 6 heteroatoms. The molecule has 4 rings (SSSR count). The number of para-hydroxylation sites is 3. The van der Waals surface area contributed by atoms with Crippen LogP contribution in [0.4, 0.5) is 22.7 Å². The van der Waals surface area contributed by atoms with Gasteiger partial charge in [0.25, 0.3) is 0 Å². The number of hydrogen-bond donors (Lipinski definition) is 2. The summed E-state index contributed by atoms with van der Waals surface area (Å²) in [6.07, 6.45) is 0. The summed E-state index contributed by atoms with van der Waals surface area (Å²) in [6, 6.07) is 24.5. The Hall–Kier alpha value is -3.80. The van der Waals surface area contributed by atoms with E-state index >= 15 is 0 Å². The number of ether oxygens (including phenoxy) is 1. The van der Waals surface area contributed by atoms with Crippen LogP contribution in [0.3, 0.4) is 0 Å². The Morgan fingerprint density at radius 3 is 2.29 bits per heavy atom. The van der Waals surface area contributed by atoms with E-state index in [4.69, 9.17) is 4.74 Å². The lowest BCUT2D eigenvalue weighted by atomic mass is 10.2. The lowest BCUT2D eigenvalue weighted by molar-refractivity contribution is -0.133. The van der Waals surface area contributed by atoms with Crippen molar-refractivity contribution in [1.82, 2.24) is 0 Å². The Bertz CT molecular complexity index is 987. The van der Waals surface area contributed by atoms with Gasteiger partial charge in [-0.3, -0.25) is 4.79 Å². The van der Waals surface area contributed by atoms with Gasteiger partial charge in [0, 0.05) is 17.1 Å². The van der Waals surface area contributed by atoms with Gasteiger partial charge in [0.2, 0.25) is 5.91 Å². The molecule has 0 unspecified atom stereocenters. The van der Waals surface area contributed by atoms with Crippen molar-refractivity contribution in [3.63, 3.8) is 0 Å². The minimum absolute atomic E-state index is 0.0460. The highest BCUT2D eigenvalue weighted by Gasteiger charge is 2.25. The smallest absolute Gasteiger partial charge is 0.331 e. The van der Waals surface area contributed by atoms with Gasteiger partial charge in [-0.2, -0.15) is 0 Å². The molecule has 0 aliphatic carbocycles. The van der Waals surface area contributed by atoms with Crippen molar-refractivity contribution in [3.05, 3.63) is 78.9 Å². The third-order valence-corrected chi connectivity index (χ3v) is 4.32. The maximum Gasteiger partial charge on any atom is 0.331 e. The van der Waals surface area contributed by atoms with E-state index in [1.165, 1.54) is 0 Å². The Morgan fingerprint density at radius 1 is 0.857 bits per heavy atom. The third kappa shape index (κ3) is 4.12. The molecular weight excluding hydrogens is 354 g/mol. The number of esters is 1. The van der Waals surface area contributed by atoms with Gasteiger partial charge in [0.05, 0.1) is 12.2 Å². The molecule has 140 valence electrons. The van der Waals surface area contributed by atoms with E-state index in [2.05, 4.69) is 10.6 Å².